The normalized spacial score (nSPS) is 22.8. The first kappa shape index (κ1) is 18.2. The number of para-hydroxylation sites is 1. The lowest BCUT2D eigenvalue weighted by atomic mass is 9.86. The molecular weight excluding hydrogens is 362 g/mol. The molecule has 2 saturated carbocycles. The first-order chi connectivity index (χ1) is 14.2. The third kappa shape index (κ3) is 3.48. The number of hydrogen-bond donors (Lipinski definition) is 1. The number of ether oxygens (including phenoxy) is 1. The monoisotopic (exact) mass is 387 g/mol. The highest BCUT2D eigenvalue weighted by atomic mass is 16.5. The van der Waals surface area contributed by atoms with Crippen molar-refractivity contribution in [1.29, 1.82) is 0 Å². The summed E-state index contributed by atoms with van der Waals surface area (Å²) < 4.78 is 5.43. The van der Waals surface area contributed by atoms with E-state index in [1.165, 1.54) is 19.3 Å². The van der Waals surface area contributed by atoms with Crippen LogP contribution in [0.1, 0.15) is 42.5 Å². The van der Waals surface area contributed by atoms with E-state index in [2.05, 4.69) is 4.98 Å². The molecule has 4 nitrogen and oxygen atoms in total. The van der Waals surface area contributed by atoms with Crippen LogP contribution in [-0.2, 0) is 9.53 Å². The molecule has 1 N–H and O–H groups in total. The lowest BCUT2D eigenvalue weighted by Crippen LogP contribution is -2.20. The van der Waals surface area contributed by atoms with Crippen LogP contribution in [0, 0.1) is 17.8 Å². The van der Waals surface area contributed by atoms with E-state index in [9.17, 15) is 9.59 Å². The minimum absolute atomic E-state index is 0.164. The summed E-state index contributed by atoms with van der Waals surface area (Å²) in [5, 5.41) is 0.862. The number of aromatic amines is 1. The van der Waals surface area contributed by atoms with Gasteiger partial charge in [0.25, 0.3) is 0 Å². The predicted octanol–water partition coefficient (Wildman–Crippen LogP) is 5.39. The summed E-state index contributed by atoms with van der Waals surface area (Å²) in [4.78, 5) is 28.8. The van der Waals surface area contributed by atoms with Crippen LogP contribution in [0.15, 0.2) is 54.6 Å². The van der Waals surface area contributed by atoms with E-state index in [1.54, 1.807) is 0 Å². The summed E-state index contributed by atoms with van der Waals surface area (Å²) in [6.07, 6.45) is 5.43. The number of rotatable bonds is 6. The second-order valence-corrected chi connectivity index (χ2v) is 8.51. The van der Waals surface area contributed by atoms with Gasteiger partial charge in [0.1, 0.15) is 0 Å². The minimum Gasteiger partial charge on any atom is -0.457 e. The van der Waals surface area contributed by atoms with Gasteiger partial charge in [0.05, 0.1) is 11.3 Å². The molecule has 3 aromatic rings. The standard InChI is InChI=1S/C25H25NO3/c27-22(15-29-23(28)14-19-13-16-10-11-18(19)12-16)24-20-8-4-5-9-21(20)26-25(24)17-6-2-1-3-7-17/h1-9,16,18-19,26H,10-15H2/t16-,18+,19+/m0/s1. The van der Waals surface area contributed by atoms with Crippen LogP contribution in [0.3, 0.4) is 0 Å². The van der Waals surface area contributed by atoms with Gasteiger partial charge >= 0.3 is 5.97 Å². The number of hydrogen-bond acceptors (Lipinski definition) is 3. The summed E-state index contributed by atoms with van der Waals surface area (Å²) in [5.74, 6) is 1.53. The Bertz CT molecular complexity index is 1050. The average Bonchev–Trinajstić information content (AvgIpc) is 3.46. The Hall–Kier alpha value is -2.88. The Morgan fingerprint density at radius 2 is 1.76 bits per heavy atom. The minimum atomic E-state index is -0.239. The van der Waals surface area contributed by atoms with Crippen molar-refractivity contribution in [2.75, 3.05) is 6.61 Å². The van der Waals surface area contributed by atoms with E-state index in [0.717, 1.165) is 34.5 Å². The topological polar surface area (TPSA) is 59.2 Å². The second-order valence-electron chi connectivity index (χ2n) is 8.51. The lowest BCUT2D eigenvalue weighted by molar-refractivity contribution is -0.144. The molecule has 0 saturated heterocycles. The maximum absolute atomic E-state index is 13.1. The van der Waals surface area contributed by atoms with Crippen molar-refractivity contribution in [3.63, 3.8) is 0 Å². The molecule has 1 heterocycles. The van der Waals surface area contributed by atoms with Crippen molar-refractivity contribution in [2.45, 2.75) is 32.1 Å². The van der Waals surface area contributed by atoms with Gasteiger partial charge < -0.3 is 9.72 Å². The number of H-pyrrole nitrogens is 1. The quantitative estimate of drug-likeness (QED) is 0.456. The highest BCUT2D eigenvalue weighted by Crippen LogP contribution is 2.49. The van der Waals surface area contributed by atoms with Gasteiger partial charge in [-0.25, -0.2) is 0 Å². The first-order valence-electron chi connectivity index (χ1n) is 10.5. The zero-order valence-corrected chi connectivity index (χ0v) is 16.4. The molecule has 0 aliphatic heterocycles. The van der Waals surface area contributed by atoms with Crippen LogP contribution < -0.4 is 0 Å². The Balaban J connectivity index is 1.33. The largest absolute Gasteiger partial charge is 0.457 e. The number of esters is 1. The number of benzene rings is 2. The Labute approximate surface area is 170 Å². The molecule has 2 aromatic carbocycles. The van der Waals surface area contributed by atoms with Crippen LogP contribution in [-0.4, -0.2) is 23.3 Å². The fraction of sp³-hybridized carbons (Fsp3) is 0.360. The number of ketones is 1. The van der Waals surface area contributed by atoms with Gasteiger partial charge in [-0.15, -0.1) is 0 Å². The Morgan fingerprint density at radius 1 is 0.966 bits per heavy atom. The van der Waals surface area contributed by atoms with Gasteiger partial charge in [-0.05, 0) is 48.6 Å². The van der Waals surface area contributed by atoms with E-state index >= 15 is 0 Å². The van der Waals surface area contributed by atoms with Crippen LogP contribution in [0.2, 0.25) is 0 Å². The van der Waals surface area contributed by atoms with Gasteiger partial charge in [-0.1, -0.05) is 55.0 Å². The van der Waals surface area contributed by atoms with E-state index < -0.39 is 0 Å². The average molecular weight is 387 g/mol. The van der Waals surface area contributed by atoms with Crippen molar-refractivity contribution in [3.8, 4) is 11.3 Å². The number of Topliss-reactive ketones (excluding diaryl/α,β-unsaturated/α-hetero) is 1. The van der Waals surface area contributed by atoms with Crippen molar-refractivity contribution < 1.29 is 14.3 Å². The number of aromatic nitrogens is 1. The lowest BCUT2D eigenvalue weighted by Gasteiger charge is -2.20. The smallest absolute Gasteiger partial charge is 0.306 e. The fourth-order valence-electron chi connectivity index (χ4n) is 5.37. The molecule has 5 rings (SSSR count). The van der Waals surface area contributed by atoms with Crippen molar-refractivity contribution >= 4 is 22.7 Å². The maximum Gasteiger partial charge on any atom is 0.306 e. The van der Waals surface area contributed by atoms with Crippen LogP contribution in [0.4, 0.5) is 0 Å². The molecule has 2 fully saturated rings. The Kier molecular flexibility index (Phi) is 4.70. The molecule has 29 heavy (non-hydrogen) atoms. The van der Waals surface area contributed by atoms with Gasteiger partial charge in [0.2, 0.25) is 5.78 Å². The van der Waals surface area contributed by atoms with Gasteiger partial charge in [-0.3, -0.25) is 9.59 Å². The molecule has 0 radical (unpaired) electrons. The Morgan fingerprint density at radius 3 is 2.52 bits per heavy atom. The molecular formula is C25H25NO3. The zero-order chi connectivity index (χ0) is 19.8. The third-order valence-corrected chi connectivity index (χ3v) is 6.73. The maximum atomic E-state index is 13.1. The molecule has 0 spiro atoms. The molecule has 0 unspecified atom stereocenters. The predicted molar refractivity (Wildman–Crippen MR) is 113 cm³/mol. The van der Waals surface area contributed by atoms with Crippen LogP contribution >= 0.6 is 0 Å². The van der Waals surface area contributed by atoms with Gasteiger partial charge in [0, 0.05) is 17.3 Å². The fourth-order valence-corrected chi connectivity index (χ4v) is 5.37. The van der Waals surface area contributed by atoms with E-state index in [1.807, 2.05) is 54.6 Å². The van der Waals surface area contributed by atoms with Crippen molar-refractivity contribution in [3.05, 3.63) is 60.2 Å². The van der Waals surface area contributed by atoms with Crippen LogP contribution in [0.5, 0.6) is 0 Å². The number of carbonyl (C=O) groups is 2. The van der Waals surface area contributed by atoms with E-state index in [0.29, 0.717) is 23.8 Å². The van der Waals surface area contributed by atoms with E-state index in [4.69, 9.17) is 4.74 Å². The SMILES string of the molecule is O=C(C[C@H]1C[C@H]2CC[C@@H]1C2)OCC(=O)c1c(-c2ccccc2)[nH]c2ccccc12. The third-order valence-electron chi connectivity index (χ3n) is 6.73. The summed E-state index contributed by atoms with van der Waals surface area (Å²) >= 11 is 0. The van der Waals surface area contributed by atoms with Crippen molar-refractivity contribution in [1.82, 2.24) is 4.98 Å². The van der Waals surface area contributed by atoms with Crippen molar-refractivity contribution in [2.24, 2.45) is 17.8 Å². The number of nitrogens with one attached hydrogen (secondary N) is 1. The molecule has 2 aliphatic carbocycles. The second kappa shape index (κ2) is 7.51. The summed E-state index contributed by atoms with van der Waals surface area (Å²) in [6, 6.07) is 17.5. The molecule has 4 heteroatoms. The summed E-state index contributed by atoms with van der Waals surface area (Å²) in [6.45, 7) is -0.207. The molecule has 148 valence electrons. The first-order valence-corrected chi connectivity index (χ1v) is 10.5. The molecule has 2 bridgehead atoms. The van der Waals surface area contributed by atoms with Gasteiger partial charge in [0.15, 0.2) is 6.61 Å². The highest BCUT2D eigenvalue weighted by molar-refractivity contribution is 6.14. The van der Waals surface area contributed by atoms with E-state index in [-0.39, 0.29) is 18.4 Å². The number of carbonyl (C=O) groups excluding carboxylic acids is 2. The molecule has 2 aliphatic rings. The molecule has 3 atom stereocenters. The number of fused-ring (bicyclic) bond motifs is 3. The molecule has 1 aromatic heterocycles. The van der Waals surface area contributed by atoms with Crippen LogP contribution in [0.25, 0.3) is 22.2 Å². The molecule has 0 amide bonds. The summed E-state index contributed by atoms with van der Waals surface area (Å²) in [5.41, 5.74) is 3.23. The summed E-state index contributed by atoms with van der Waals surface area (Å²) in [7, 11) is 0. The highest BCUT2D eigenvalue weighted by Gasteiger charge is 2.40. The van der Waals surface area contributed by atoms with Gasteiger partial charge in [-0.2, -0.15) is 0 Å². The zero-order valence-electron chi connectivity index (χ0n) is 16.4.